The van der Waals surface area contributed by atoms with Gasteiger partial charge in [-0.25, -0.2) is 0 Å². The van der Waals surface area contributed by atoms with Gasteiger partial charge in [0.2, 0.25) is 0 Å². The Morgan fingerprint density at radius 2 is 1.46 bits per heavy atom. The van der Waals surface area contributed by atoms with E-state index in [0.29, 0.717) is 5.78 Å². The second-order valence-electron chi connectivity index (χ2n) is 5.94. The molecule has 1 atom stereocenters. The lowest BCUT2D eigenvalue weighted by Gasteiger charge is -2.33. The minimum Gasteiger partial charge on any atom is -0.299 e. The molecule has 13 heavy (non-hydrogen) atoms. The fraction of sp³-hybridized carbons (Fsp3) is 0.917. The molecule has 0 bridgehead atoms. The molecule has 0 fully saturated rings. The van der Waals surface area contributed by atoms with Crippen molar-refractivity contribution in [2.24, 2.45) is 16.7 Å². The third kappa shape index (κ3) is 3.50. The van der Waals surface area contributed by atoms with Crippen LogP contribution in [0.4, 0.5) is 0 Å². The molecule has 0 aromatic rings. The van der Waals surface area contributed by atoms with Gasteiger partial charge in [0, 0.05) is 11.3 Å². The topological polar surface area (TPSA) is 17.1 Å². The summed E-state index contributed by atoms with van der Waals surface area (Å²) in [7, 11) is 0. The van der Waals surface area contributed by atoms with Gasteiger partial charge in [-0.2, -0.15) is 0 Å². The van der Waals surface area contributed by atoms with Crippen LogP contribution in [0.15, 0.2) is 0 Å². The molecule has 78 valence electrons. The van der Waals surface area contributed by atoms with Crippen LogP contribution >= 0.6 is 0 Å². The van der Waals surface area contributed by atoms with E-state index in [1.54, 1.807) is 0 Å². The molecule has 0 saturated heterocycles. The van der Waals surface area contributed by atoms with Gasteiger partial charge in [-0.1, -0.05) is 48.5 Å². The molecular weight excluding hydrogens is 160 g/mol. The maximum absolute atomic E-state index is 12.0. The Balaban J connectivity index is 4.72. The van der Waals surface area contributed by atoms with Crippen molar-refractivity contribution in [2.45, 2.75) is 54.9 Å². The van der Waals surface area contributed by atoms with E-state index in [-0.39, 0.29) is 16.7 Å². The average Bonchev–Trinajstić information content (AvgIpc) is 1.83. The first-order valence-corrected chi connectivity index (χ1v) is 5.15. The predicted molar refractivity (Wildman–Crippen MR) is 57.7 cm³/mol. The standard InChI is InChI=1S/C12H24O/c1-8-9(11(2,3)4)10(13)12(5,6)7/h9H,8H2,1-7H3/t9-/m1/s1. The van der Waals surface area contributed by atoms with Crippen LogP contribution in [-0.2, 0) is 4.79 Å². The van der Waals surface area contributed by atoms with E-state index >= 15 is 0 Å². The summed E-state index contributed by atoms with van der Waals surface area (Å²) in [5.74, 6) is 0.579. The van der Waals surface area contributed by atoms with Crippen LogP contribution in [-0.4, -0.2) is 5.78 Å². The summed E-state index contributed by atoms with van der Waals surface area (Å²) in [4.78, 5) is 12.0. The van der Waals surface area contributed by atoms with Gasteiger partial charge in [-0.05, 0) is 11.8 Å². The van der Waals surface area contributed by atoms with E-state index in [1.807, 2.05) is 20.8 Å². The summed E-state index contributed by atoms with van der Waals surface area (Å²) in [6.07, 6.45) is 0.944. The van der Waals surface area contributed by atoms with E-state index in [0.717, 1.165) is 6.42 Å². The van der Waals surface area contributed by atoms with Crippen molar-refractivity contribution in [3.63, 3.8) is 0 Å². The van der Waals surface area contributed by atoms with E-state index in [2.05, 4.69) is 27.7 Å². The normalized spacial score (nSPS) is 15.6. The van der Waals surface area contributed by atoms with Crippen LogP contribution in [0.1, 0.15) is 54.9 Å². The van der Waals surface area contributed by atoms with Crippen LogP contribution in [0.2, 0.25) is 0 Å². The molecule has 0 aromatic carbocycles. The molecule has 0 unspecified atom stereocenters. The van der Waals surface area contributed by atoms with Crippen LogP contribution in [0.5, 0.6) is 0 Å². The molecule has 1 nitrogen and oxygen atoms in total. The summed E-state index contributed by atoms with van der Waals surface area (Å²) < 4.78 is 0. The fourth-order valence-electron chi connectivity index (χ4n) is 1.71. The zero-order valence-corrected chi connectivity index (χ0v) is 10.2. The lowest BCUT2D eigenvalue weighted by atomic mass is 9.70. The molecule has 0 aromatic heterocycles. The van der Waals surface area contributed by atoms with E-state index in [1.165, 1.54) is 0 Å². The van der Waals surface area contributed by atoms with Gasteiger partial charge in [0.15, 0.2) is 0 Å². The first-order valence-electron chi connectivity index (χ1n) is 5.15. The molecular formula is C12H24O. The maximum atomic E-state index is 12.0. The lowest BCUT2D eigenvalue weighted by Crippen LogP contribution is -2.35. The number of hydrogen-bond donors (Lipinski definition) is 0. The number of Topliss-reactive ketones (excluding diaryl/α,β-unsaturated/α-hetero) is 1. The SMILES string of the molecule is CC[C@H](C(=O)C(C)(C)C)C(C)(C)C. The van der Waals surface area contributed by atoms with E-state index in [4.69, 9.17) is 0 Å². The summed E-state index contributed by atoms with van der Waals surface area (Å²) in [5.41, 5.74) is -0.104. The molecule has 0 N–H and O–H groups in total. The highest BCUT2D eigenvalue weighted by Crippen LogP contribution is 2.34. The van der Waals surface area contributed by atoms with Crippen LogP contribution < -0.4 is 0 Å². The molecule has 0 spiro atoms. The van der Waals surface area contributed by atoms with Crippen LogP contribution in [0.3, 0.4) is 0 Å². The Morgan fingerprint density at radius 3 is 1.54 bits per heavy atom. The Kier molecular flexibility index (Phi) is 3.71. The molecule has 0 saturated carbocycles. The van der Waals surface area contributed by atoms with Crippen molar-refractivity contribution in [3.8, 4) is 0 Å². The number of hydrogen-bond acceptors (Lipinski definition) is 1. The second-order valence-corrected chi connectivity index (χ2v) is 5.94. The Bertz CT molecular complexity index is 178. The molecule has 0 heterocycles. The smallest absolute Gasteiger partial charge is 0.141 e. The zero-order chi connectivity index (χ0) is 10.9. The summed E-state index contributed by atoms with van der Waals surface area (Å²) in [6, 6.07) is 0. The molecule has 0 amide bonds. The van der Waals surface area contributed by atoms with Gasteiger partial charge in [0.1, 0.15) is 5.78 Å². The number of rotatable bonds is 2. The van der Waals surface area contributed by atoms with Crippen LogP contribution in [0.25, 0.3) is 0 Å². The Hall–Kier alpha value is -0.330. The Morgan fingerprint density at radius 1 is 1.08 bits per heavy atom. The highest BCUT2D eigenvalue weighted by atomic mass is 16.1. The second kappa shape index (κ2) is 3.81. The quantitative estimate of drug-likeness (QED) is 0.640. The number of carbonyl (C=O) groups is 1. The highest BCUT2D eigenvalue weighted by Gasteiger charge is 2.35. The number of carbonyl (C=O) groups excluding carboxylic acids is 1. The third-order valence-electron chi connectivity index (χ3n) is 2.51. The summed E-state index contributed by atoms with van der Waals surface area (Å²) >= 11 is 0. The molecule has 0 rings (SSSR count). The van der Waals surface area contributed by atoms with Crippen molar-refractivity contribution in [2.75, 3.05) is 0 Å². The van der Waals surface area contributed by atoms with Crippen molar-refractivity contribution < 1.29 is 4.79 Å². The highest BCUT2D eigenvalue weighted by molar-refractivity contribution is 5.86. The van der Waals surface area contributed by atoms with Gasteiger partial charge < -0.3 is 0 Å². The van der Waals surface area contributed by atoms with Gasteiger partial charge in [0.05, 0.1) is 0 Å². The van der Waals surface area contributed by atoms with Gasteiger partial charge in [0.25, 0.3) is 0 Å². The predicted octanol–water partition coefficient (Wildman–Crippen LogP) is 3.67. The first-order chi connectivity index (χ1) is 5.60. The molecule has 0 radical (unpaired) electrons. The molecule has 0 aliphatic carbocycles. The summed E-state index contributed by atoms with van der Waals surface area (Å²) in [6.45, 7) is 14.5. The zero-order valence-electron chi connectivity index (χ0n) is 10.2. The van der Waals surface area contributed by atoms with Crippen molar-refractivity contribution in [1.29, 1.82) is 0 Å². The van der Waals surface area contributed by atoms with Crippen molar-refractivity contribution >= 4 is 5.78 Å². The van der Waals surface area contributed by atoms with E-state index in [9.17, 15) is 4.79 Å². The minimum absolute atomic E-state index is 0.0963. The minimum atomic E-state index is -0.200. The molecule has 0 aliphatic heterocycles. The van der Waals surface area contributed by atoms with Crippen molar-refractivity contribution in [3.05, 3.63) is 0 Å². The fourth-order valence-corrected chi connectivity index (χ4v) is 1.71. The van der Waals surface area contributed by atoms with Gasteiger partial charge >= 0.3 is 0 Å². The van der Waals surface area contributed by atoms with Gasteiger partial charge in [-0.15, -0.1) is 0 Å². The molecule has 0 aliphatic rings. The Labute approximate surface area is 82.9 Å². The van der Waals surface area contributed by atoms with Crippen molar-refractivity contribution in [1.82, 2.24) is 0 Å². The van der Waals surface area contributed by atoms with Crippen LogP contribution in [0, 0.1) is 16.7 Å². The summed E-state index contributed by atoms with van der Waals surface area (Å²) in [5, 5.41) is 0. The van der Waals surface area contributed by atoms with E-state index < -0.39 is 0 Å². The molecule has 1 heteroatoms. The maximum Gasteiger partial charge on any atom is 0.141 e. The lowest BCUT2D eigenvalue weighted by molar-refractivity contribution is -0.133. The van der Waals surface area contributed by atoms with Gasteiger partial charge in [-0.3, -0.25) is 4.79 Å². The monoisotopic (exact) mass is 184 g/mol. The third-order valence-corrected chi connectivity index (χ3v) is 2.51. The first kappa shape index (κ1) is 12.7. The number of ketones is 1. The largest absolute Gasteiger partial charge is 0.299 e. The average molecular weight is 184 g/mol.